The molecule has 0 radical (unpaired) electrons. The minimum absolute atomic E-state index is 0.200. The molecule has 7 nitrogen and oxygen atoms in total. The van der Waals surface area contributed by atoms with Gasteiger partial charge in [0.25, 0.3) is 0 Å². The standard InChI is InChI=1S/C22H27N3O4S/c1-3-23(4-2)30(28,29)18-11-12-19-20(14-18)25(21-6-5-13-24(19)21)15-16-7-9-17(10-8-16)22(26)27/h7-12,14,21H,3-6,13,15H2,1-2H3,(H,26,27)/t21-/m1/s1. The zero-order chi connectivity index (χ0) is 21.5. The Kier molecular flexibility index (Phi) is 5.46. The molecule has 1 N–H and O–H groups in total. The van der Waals surface area contributed by atoms with Crippen molar-refractivity contribution in [2.75, 3.05) is 29.4 Å². The Hall–Kier alpha value is -2.58. The minimum atomic E-state index is -3.53. The molecule has 0 amide bonds. The summed E-state index contributed by atoms with van der Waals surface area (Å²) in [7, 11) is -3.53. The van der Waals surface area contributed by atoms with E-state index in [4.69, 9.17) is 5.11 Å². The highest BCUT2D eigenvalue weighted by atomic mass is 32.2. The zero-order valence-electron chi connectivity index (χ0n) is 17.3. The average molecular weight is 430 g/mol. The molecule has 1 fully saturated rings. The molecule has 0 unspecified atom stereocenters. The molecular weight excluding hydrogens is 402 g/mol. The van der Waals surface area contributed by atoms with Gasteiger partial charge >= 0.3 is 5.97 Å². The van der Waals surface area contributed by atoms with Gasteiger partial charge < -0.3 is 14.9 Å². The van der Waals surface area contributed by atoms with E-state index in [0.717, 1.165) is 36.3 Å². The molecule has 2 aromatic rings. The van der Waals surface area contributed by atoms with Crippen LogP contribution in [0.4, 0.5) is 11.4 Å². The monoisotopic (exact) mass is 429 g/mol. The number of hydrogen-bond donors (Lipinski definition) is 1. The van der Waals surface area contributed by atoms with E-state index in [2.05, 4.69) is 9.80 Å². The maximum absolute atomic E-state index is 13.0. The summed E-state index contributed by atoms with van der Waals surface area (Å²) in [5.41, 5.74) is 3.25. The number of benzene rings is 2. The van der Waals surface area contributed by atoms with E-state index in [1.165, 1.54) is 4.31 Å². The molecule has 8 heteroatoms. The van der Waals surface area contributed by atoms with Crippen LogP contribution in [0.3, 0.4) is 0 Å². The minimum Gasteiger partial charge on any atom is -0.478 e. The molecule has 0 bridgehead atoms. The molecule has 2 aliphatic heterocycles. The molecule has 2 heterocycles. The first-order valence-corrected chi connectivity index (χ1v) is 11.8. The quantitative estimate of drug-likeness (QED) is 0.727. The third kappa shape index (κ3) is 3.44. The van der Waals surface area contributed by atoms with Crippen molar-refractivity contribution in [1.82, 2.24) is 4.31 Å². The number of rotatable bonds is 7. The largest absolute Gasteiger partial charge is 0.478 e. The average Bonchev–Trinajstić information content (AvgIpc) is 3.31. The fraction of sp³-hybridized carbons (Fsp3) is 0.409. The van der Waals surface area contributed by atoms with Gasteiger partial charge in [0.05, 0.1) is 21.8 Å². The summed E-state index contributed by atoms with van der Waals surface area (Å²) in [5, 5.41) is 9.13. The number of fused-ring (bicyclic) bond motifs is 3. The van der Waals surface area contributed by atoms with Gasteiger partial charge in [-0.2, -0.15) is 4.31 Å². The van der Waals surface area contributed by atoms with E-state index in [-0.39, 0.29) is 11.7 Å². The number of nitrogens with zero attached hydrogens (tertiary/aromatic N) is 3. The van der Waals surface area contributed by atoms with Crippen molar-refractivity contribution in [2.24, 2.45) is 0 Å². The van der Waals surface area contributed by atoms with Gasteiger partial charge in [-0.3, -0.25) is 0 Å². The number of aromatic carboxylic acids is 1. The molecule has 2 aliphatic rings. The normalized spacial score (nSPS) is 18.0. The second-order valence-corrected chi connectivity index (χ2v) is 9.62. The van der Waals surface area contributed by atoms with Gasteiger partial charge in [-0.05, 0) is 48.7 Å². The lowest BCUT2D eigenvalue weighted by atomic mass is 10.1. The summed E-state index contributed by atoms with van der Waals surface area (Å²) < 4.78 is 27.6. The van der Waals surface area contributed by atoms with Crippen LogP contribution in [0.25, 0.3) is 0 Å². The lowest BCUT2D eigenvalue weighted by molar-refractivity contribution is 0.0697. The molecule has 30 heavy (non-hydrogen) atoms. The van der Waals surface area contributed by atoms with Crippen molar-refractivity contribution in [3.05, 3.63) is 53.6 Å². The van der Waals surface area contributed by atoms with Gasteiger partial charge in [0.15, 0.2) is 0 Å². The van der Waals surface area contributed by atoms with Crippen LogP contribution in [0.1, 0.15) is 42.6 Å². The number of carboxylic acid groups (broad SMARTS) is 1. The maximum atomic E-state index is 13.0. The highest BCUT2D eigenvalue weighted by Crippen LogP contribution is 2.45. The zero-order valence-corrected chi connectivity index (χ0v) is 18.1. The van der Waals surface area contributed by atoms with E-state index in [0.29, 0.717) is 24.5 Å². The van der Waals surface area contributed by atoms with E-state index >= 15 is 0 Å². The van der Waals surface area contributed by atoms with Crippen molar-refractivity contribution in [3.8, 4) is 0 Å². The molecule has 0 saturated carbocycles. The third-order valence-corrected chi connectivity index (χ3v) is 8.09. The van der Waals surface area contributed by atoms with Gasteiger partial charge in [-0.15, -0.1) is 0 Å². The molecular formula is C22H27N3O4S. The summed E-state index contributed by atoms with van der Waals surface area (Å²) in [5.74, 6) is -0.943. The molecule has 2 aromatic carbocycles. The highest BCUT2D eigenvalue weighted by Gasteiger charge is 2.39. The molecule has 4 rings (SSSR count). The smallest absolute Gasteiger partial charge is 0.335 e. The van der Waals surface area contributed by atoms with Crippen LogP contribution in [0.5, 0.6) is 0 Å². The molecule has 0 aromatic heterocycles. The first kappa shape index (κ1) is 20.7. The summed E-state index contributed by atoms with van der Waals surface area (Å²) >= 11 is 0. The molecule has 1 saturated heterocycles. The van der Waals surface area contributed by atoms with Crippen LogP contribution in [0.15, 0.2) is 47.4 Å². The number of anilines is 2. The summed E-state index contributed by atoms with van der Waals surface area (Å²) in [6.45, 7) is 6.11. The van der Waals surface area contributed by atoms with Crippen LogP contribution in [0, 0.1) is 0 Å². The van der Waals surface area contributed by atoms with Crippen molar-refractivity contribution in [2.45, 2.75) is 44.3 Å². The lowest BCUT2D eigenvalue weighted by Gasteiger charge is -2.28. The number of hydrogen-bond acceptors (Lipinski definition) is 5. The summed E-state index contributed by atoms with van der Waals surface area (Å²) in [4.78, 5) is 16.0. The topological polar surface area (TPSA) is 81.2 Å². The van der Waals surface area contributed by atoms with Gasteiger partial charge in [0.2, 0.25) is 10.0 Å². The van der Waals surface area contributed by atoms with Crippen LogP contribution in [0.2, 0.25) is 0 Å². The summed E-state index contributed by atoms with van der Waals surface area (Å²) in [6.07, 6.45) is 2.31. The van der Waals surface area contributed by atoms with E-state index in [1.807, 2.05) is 32.0 Å². The maximum Gasteiger partial charge on any atom is 0.335 e. The molecule has 0 aliphatic carbocycles. The van der Waals surface area contributed by atoms with Crippen LogP contribution >= 0.6 is 0 Å². The van der Waals surface area contributed by atoms with Gasteiger partial charge in [-0.25, -0.2) is 13.2 Å². The molecule has 160 valence electrons. The van der Waals surface area contributed by atoms with Crippen molar-refractivity contribution in [3.63, 3.8) is 0 Å². The van der Waals surface area contributed by atoms with Crippen molar-refractivity contribution >= 4 is 27.4 Å². The van der Waals surface area contributed by atoms with Gasteiger partial charge in [0, 0.05) is 26.2 Å². The van der Waals surface area contributed by atoms with Crippen molar-refractivity contribution in [1.29, 1.82) is 0 Å². The third-order valence-electron chi connectivity index (χ3n) is 6.04. The SMILES string of the molecule is CCN(CC)S(=O)(=O)c1ccc2c(c1)N(Cc1ccc(C(=O)O)cc1)[C@@H]1CCCN21. The highest BCUT2D eigenvalue weighted by molar-refractivity contribution is 7.89. The first-order valence-electron chi connectivity index (χ1n) is 10.4. The van der Waals surface area contributed by atoms with E-state index in [9.17, 15) is 13.2 Å². The number of carbonyl (C=O) groups is 1. The Morgan fingerprint density at radius 2 is 1.80 bits per heavy atom. The van der Waals surface area contributed by atoms with E-state index in [1.54, 1.807) is 24.3 Å². The van der Waals surface area contributed by atoms with Gasteiger partial charge in [0.1, 0.15) is 6.17 Å². The Balaban J connectivity index is 1.70. The second-order valence-electron chi connectivity index (χ2n) is 7.69. The Bertz CT molecular complexity index is 1050. The lowest BCUT2D eigenvalue weighted by Crippen LogP contribution is -2.38. The van der Waals surface area contributed by atoms with Crippen LogP contribution < -0.4 is 9.80 Å². The Labute approximate surface area is 177 Å². The number of sulfonamides is 1. The Morgan fingerprint density at radius 1 is 1.10 bits per heavy atom. The fourth-order valence-electron chi connectivity index (χ4n) is 4.50. The van der Waals surface area contributed by atoms with Crippen molar-refractivity contribution < 1.29 is 18.3 Å². The second kappa shape index (κ2) is 7.92. The van der Waals surface area contributed by atoms with Gasteiger partial charge in [-0.1, -0.05) is 26.0 Å². The van der Waals surface area contributed by atoms with E-state index < -0.39 is 16.0 Å². The molecule has 1 atom stereocenters. The predicted octanol–water partition coefficient (Wildman–Crippen LogP) is 3.36. The predicted molar refractivity (Wildman–Crippen MR) is 117 cm³/mol. The first-order chi connectivity index (χ1) is 14.4. The molecule has 0 spiro atoms. The fourth-order valence-corrected chi connectivity index (χ4v) is 5.98. The summed E-state index contributed by atoms with van der Waals surface area (Å²) in [6, 6.07) is 12.3. The van der Waals surface area contributed by atoms with Crippen LogP contribution in [-0.2, 0) is 16.6 Å². The van der Waals surface area contributed by atoms with Crippen LogP contribution in [-0.4, -0.2) is 49.6 Å². The Morgan fingerprint density at radius 3 is 2.43 bits per heavy atom. The number of carboxylic acids is 1.